The van der Waals surface area contributed by atoms with Crippen LogP contribution < -0.4 is 11.1 Å². The molecule has 1 fully saturated rings. The fourth-order valence-electron chi connectivity index (χ4n) is 1.88. The summed E-state index contributed by atoms with van der Waals surface area (Å²) >= 11 is 0. The van der Waals surface area contributed by atoms with Gasteiger partial charge in [-0.05, 0) is 19.4 Å². The van der Waals surface area contributed by atoms with E-state index in [0.717, 1.165) is 25.5 Å². The predicted octanol–water partition coefficient (Wildman–Crippen LogP) is 1.41. The van der Waals surface area contributed by atoms with E-state index in [2.05, 4.69) is 10.4 Å². The summed E-state index contributed by atoms with van der Waals surface area (Å²) in [5, 5.41) is 6.64. The van der Waals surface area contributed by atoms with Gasteiger partial charge in [-0.2, -0.15) is 18.3 Å². The molecule has 90 valence electrons. The molecule has 7 heteroatoms. The molecule has 3 N–H and O–H groups in total. The number of nitrogens with zero attached hydrogens (tertiary/aromatic N) is 2. The zero-order valence-electron chi connectivity index (χ0n) is 8.59. The topological polar surface area (TPSA) is 55.9 Å². The Bertz CT molecular complexity index is 365. The molecule has 1 atom stereocenters. The largest absolute Gasteiger partial charge is 0.435 e. The summed E-state index contributed by atoms with van der Waals surface area (Å²) in [7, 11) is 0. The number of hydrogen-bond acceptors (Lipinski definition) is 3. The third-order valence-electron chi connectivity index (χ3n) is 2.67. The van der Waals surface area contributed by atoms with Crippen molar-refractivity contribution in [3.63, 3.8) is 0 Å². The summed E-state index contributed by atoms with van der Waals surface area (Å²) in [5.41, 5.74) is 4.62. The van der Waals surface area contributed by atoms with Crippen LogP contribution in [0.25, 0.3) is 0 Å². The molecule has 4 nitrogen and oxygen atoms in total. The number of halogens is 3. The molecule has 1 saturated heterocycles. The molecular weight excluding hydrogens is 221 g/mol. The van der Waals surface area contributed by atoms with Crippen LogP contribution in [0.4, 0.5) is 19.0 Å². The number of alkyl halides is 3. The van der Waals surface area contributed by atoms with Crippen molar-refractivity contribution in [1.82, 2.24) is 15.1 Å². The number of nitrogen functional groups attached to an aromatic ring is 1. The van der Waals surface area contributed by atoms with Crippen LogP contribution >= 0.6 is 0 Å². The van der Waals surface area contributed by atoms with E-state index < -0.39 is 11.9 Å². The molecule has 0 aromatic carbocycles. The van der Waals surface area contributed by atoms with Gasteiger partial charge in [-0.1, -0.05) is 0 Å². The Balaban J connectivity index is 2.24. The van der Waals surface area contributed by atoms with Gasteiger partial charge in [0, 0.05) is 12.6 Å². The maximum Gasteiger partial charge on any atom is 0.435 e. The molecule has 0 unspecified atom stereocenters. The van der Waals surface area contributed by atoms with Crippen LogP contribution in [0, 0.1) is 0 Å². The highest BCUT2D eigenvalue weighted by Crippen LogP contribution is 2.31. The number of hydrogen-bond donors (Lipinski definition) is 2. The standard InChI is InChI=1S/C9H13F3N4/c10-9(11,12)7-4-8(13)16(15-7)6-2-1-3-14-5-6/h4,6,14H,1-3,5,13H2/t6-/m1/s1. The number of anilines is 1. The molecule has 0 amide bonds. The lowest BCUT2D eigenvalue weighted by atomic mass is 10.1. The summed E-state index contributed by atoms with van der Waals surface area (Å²) in [6.45, 7) is 1.51. The molecule has 0 bridgehead atoms. The maximum atomic E-state index is 12.4. The van der Waals surface area contributed by atoms with E-state index in [-0.39, 0.29) is 11.9 Å². The number of rotatable bonds is 1. The third-order valence-corrected chi connectivity index (χ3v) is 2.67. The first kappa shape index (κ1) is 11.3. The molecule has 0 spiro atoms. The molecule has 1 aliphatic heterocycles. The quantitative estimate of drug-likeness (QED) is 0.772. The van der Waals surface area contributed by atoms with Crippen molar-refractivity contribution in [2.75, 3.05) is 18.8 Å². The first-order valence-electron chi connectivity index (χ1n) is 5.11. The van der Waals surface area contributed by atoms with E-state index in [0.29, 0.717) is 6.54 Å². The first-order chi connectivity index (χ1) is 7.48. The Labute approximate surface area is 90.6 Å². The Kier molecular flexibility index (Phi) is 2.79. The molecular formula is C9H13F3N4. The lowest BCUT2D eigenvalue weighted by Gasteiger charge is -2.23. The summed E-state index contributed by atoms with van der Waals surface area (Å²) in [6.07, 6.45) is -2.71. The highest BCUT2D eigenvalue weighted by molar-refractivity contribution is 5.32. The average Bonchev–Trinajstić information content (AvgIpc) is 2.61. The van der Waals surface area contributed by atoms with E-state index in [9.17, 15) is 13.2 Å². The summed E-state index contributed by atoms with van der Waals surface area (Å²) in [6, 6.07) is 0.805. The fraction of sp³-hybridized carbons (Fsp3) is 0.667. The molecule has 2 heterocycles. The molecule has 0 radical (unpaired) electrons. The maximum absolute atomic E-state index is 12.4. The van der Waals surface area contributed by atoms with Gasteiger partial charge in [-0.15, -0.1) is 0 Å². The molecule has 2 rings (SSSR count). The van der Waals surface area contributed by atoms with Gasteiger partial charge in [0.1, 0.15) is 5.82 Å². The summed E-state index contributed by atoms with van der Waals surface area (Å²) < 4.78 is 38.5. The van der Waals surface area contributed by atoms with Crippen molar-refractivity contribution in [3.05, 3.63) is 11.8 Å². The van der Waals surface area contributed by atoms with Crippen LogP contribution in [0.1, 0.15) is 24.6 Å². The van der Waals surface area contributed by atoms with Gasteiger partial charge in [0.2, 0.25) is 0 Å². The van der Waals surface area contributed by atoms with Crippen molar-refractivity contribution in [2.45, 2.75) is 25.1 Å². The number of aromatic nitrogens is 2. The number of nitrogens with two attached hydrogens (primary N) is 1. The van der Waals surface area contributed by atoms with Gasteiger partial charge in [0.25, 0.3) is 0 Å². The Morgan fingerprint density at radius 3 is 2.75 bits per heavy atom. The smallest absolute Gasteiger partial charge is 0.384 e. The van der Waals surface area contributed by atoms with Crippen molar-refractivity contribution in [1.29, 1.82) is 0 Å². The van der Waals surface area contributed by atoms with Crippen LogP contribution in [-0.4, -0.2) is 22.9 Å². The van der Waals surface area contributed by atoms with Crippen LogP contribution in [-0.2, 0) is 6.18 Å². The van der Waals surface area contributed by atoms with Crippen molar-refractivity contribution >= 4 is 5.82 Å². The van der Waals surface area contributed by atoms with Gasteiger partial charge in [0.05, 0.1) is 6.04 Å². The minimum atomic E-state index is -4.43. The molecule has 0 saturated carbocycles. The van der Waals surface area contributed by atoms with E-state index in [4.69, 9.17) is 5.73 Å². The third kappa shape index (κ3) is 2.13. The highest BCUT2D eigenvalue weighted by Gasteiger charge is 2.35. The monoisotopic (exact) mass is 234 g/mol. The Morgan fingerprint density at radius 1 is 1.50 bits per heavy atom. The molecule has 16 heavy (non-hydrogen) atoms. The second-order valence-corrected chi connectivity index (χ2v) is 3.90. The Morgan fingerprint density at radius 2 is 2.25 bits per heavy atom. The molecule has 0 aliphatic carbocycles. The van der Waals surface area contributed by atoms with Gasteiger partial charge >= 0.3 is 6.18 Å². The van der Waals surface area contributed by atoms with E-state index >= 15 is 0 Å². The van der Waals surface area contributed by atoms with Crippen molar-refractivity contribution in [2.24, 2.45) is 0 Å². The van der Waals surface area contributed by atoms with Crippen LogP contribution in [0.3, 0.4) is 0 Å². The second-order valence-electron chi connectivity index (χ2n) is 3.90. The van der Waals surface area contributed by atoms with Gasteiger partial charge in [-0.25, -0.2) is 4.68 Å². The molecule has 1 aromatic heterocycles. The fourth-order valence-corrected chi connectivity index (χ4v) is 1.88. The normalized spacial score (nSPS) is 22.3. The van der Waals surface area contributed by atoms with Gasteiger partial charge in [-0.3, -0.25) is 0 Å². The SMILES string of the molecule is Nc1cc(C(F)(F)F)nn1[C@@H]1CCCNC1. The first-order valence-corrected chi connectivity index (χ1v) is 5.11. The van der Waals surface area contributed by atoms with Gasteiger partial charge in [0.15, 0.2) is 5.69 Å². The van der Waals surface area contributed by atoms with E-state index in [1.165, 1.54) is 4.68 Å². The van der Waals surface area contributed by atoms with Crippen LogP contribution in [0.2, 0.25) is 0 Å². The van der Waals surface area contributed by atoms with Crippen molar-refractivity contribution < 1.29 is 13.2 Å². The summed E-state index contributed by atoms with van der Waals surface area (Å²) in [5.74, 6) is 0.0704. The lowest BCUT2D eigenvalue weighted by Crippen LogP contribution is -2.32. The van der Waals surface area contributed by atoms with Crippen LogP contribution in [0.15, 0.2) is 6.07 Å². The Hall–Kier alpha value is -1.24. The highest BCUT2D eigenvalue weighted by atomic mass is 19.4. The minimum absolute atomic E-state index is 0.0704. The zero-order valence-corrected chi connectivity index (χ0v) is 8.59. The van der Waals surface area contributed by atoms with Crippen LogP contribution in [0.5, 0.6) is 0 Å². The second kappa shape index (κ2) is 3.97. The predicted molar refractivity (Wildman–Crippen MR) is 52.8 cm³/mol. The van der Waals surface area contributed by atoms with Crippen molar-refractivity contribution in [3.8, 4) is 0 Å². The number of piperidine rings is 1. The number of nitrogens with one attached hydrogen (secondary N) is 1. The van der Waals surface area contributed by atoms with E-state index in [1.807, 2.05) is 0 Å². The summed E-state index contributed by atoms with van der Waals surface area (Å²) in [4.78, 5) is 0. The molecule has 1 aliphatic rings. The minimum Gasteiger partial charge on any atom is -0.384 e. The van der Waals surface area contributed by atoms with E-state index in [1.54, 1.807) is 0 Å². The van der Waals surface area contributed by atoms with Gasteiger partial charge < -0.3 is 11.1 Å². The molecule has 1 aromatic rings. The lowest BCUT2D eigenvalue weighted by molar-refractivity contribution is -0.141. The zero-order chi connectivity index (χ0) is 11.8. The average molecular weight is 234 g/mol.